The van der Waals surface area contributed by atoms with Gasteiger partial charge in [0.25, 0.3) is 5.91 Å². The number of piperazine rings is 1. The summed E-state index contributed by atoms with van der Waals surface area (Å²) in [4.78, 5) is 25.2. The van der Waals surface area contributed by atoms with Crippen molar-refractivity contribution >= 4 is 23.2 Å². The monoisotopic (exact) mass is 360 g/mol. The predicted molar refractivity (Wildman–Crippen MR) is 97.5 cm³/mol. The van der Waals surface area contributed by atoms with E-state index in [0.29, 0.717) is 18.9 Å². The number of halogens is 1. The third-order valence-electron chi connectivity index (χ3n) is 4.38. The number of nitrogens with zero attached hydrogens (tertiary/aromatic N) is 4. The first-order valence-corrected chi connectivity index (χ1v) is 8.57. The first-order chi connectivity index (χ1) is 12.0. The van der Waals surface area contributed by atoms with E-state index in [0.717, 1.165) is 18.0 Å². The smallest absolute Gasteiger partial charge is 0.274 e. The van der Waals surface area contributed by atoms with Gasteiger partial charge in [-0.1, -0.05) is 23.7 Å². The van der Waals surface area contributed by atoms with Gasteiger partial charge in [-0.2, -0.15) is 0 Å². The number of aromatic nitrogens is 2. The van der Waals surface area contributed by atoms with Crippen molar-refractivity contribution in [3.05, 3.63) is 47.0 Å². The predicted octanol–water partition coefficient (Wildman–Crippen LogP) is 2.80. The second-order valence-corrected chi connectivity index (χ2v) is 6.49. The molecule has 0 aliphatic carbocycles. The Morgan fingerprint density at radius 3 is 2.80 bits per heavy atom. The SMILES string of the molecule is COc1ccccc1N1CCN(C(=O)c2nc(C)ncc2Cl)[C@@H](C)C1. The molecule has 1 aromatic carbocycles. The highest BCUT2D eigenvalue weighted by molar-refractivity contribution is 6.33. The lowest BCUT2D eigenvalue weighted by Crippen LogP contribution is -2.54. The van der Waals surface area contributed by atoms with Gasteiger partial charge in [-0.05, 0) is 26.0 Å². The molecule has 7 heteroatoms. The van der Waals surface area contributed by atoms with Gasteiger partial charge in [0, 0.05) is 25.7 Å². The van der Waals surface area contributed by atoms with Crippen LogP contribution in [0.3, 0.4) is 0 Å². The van der Waals surface area contributed by atoms with E-state index in [1.54, 1.807) is 14.0 Å². The van der Waals surface area contributed by atoms with E-state index < -0.39 is 0 Å². The fourth-order valence-corrected chi connectivity index (χ4v) is 3.28. The van der Waals surface area contributed by atoms with Crippen molar-refractivity contribution in [3.8, 4) is 5.75 Å². The Morgan fingerprint density at radius 1 is 1.32 bits per heavy atom. The molecule has 0 unspecified atom stereocenters. The third-order valence-corrected chi connectivity index (χ3v) is 4.66. The summed E-state index contributed by atoms with van der Waals surface area (Å²) < 4.78 is 5.45. The van der Waals surface area contributed by atoms with E-state index in [2.05, 4.69) is 14.9 Å². The standard InChI is InChI=1S/C18H21ClN4O2/c1-12-11-22(15-6-4-5-7-16(15)25-3)8-9-23(12)18(24)17-14(19)10-20-13(2)21-17/h4-7,10,12H,8-9,11H2,1-3H3/t12-/m0/s1. The molecule has 1 amide bonds. The number of benzene rings is 1. The number of aryl methyl sites for hydroxylation is 1. The lowest BCUT2D eigenvalue weighted by atomic mass is 10.1. The topological polar surface area (TPSA) is 58.6 Å². The molecule has 1 fully saturated rings. The second kappa shape index (κ2) is 7.27. The summed E-state index contributed by atoms with van der Waals surface area (Å²) in [6, 6.07) is 7.95. The van der Waals surface area contributed by atoms with Gasteiger partial charge in [-0.25, -0.2) is 9.97 Å². The van der Waals surface area contributed by atoms with E-state index in [1.807, 2.05) is 36.1 Å². The van der Waals surface area contributed by atoms with Crippen LogP contribution in [0, 0.1) is 6.92 Å². The number of amides is 1. The van der Waals surface area contributed by atoms with Gasteiger partial charge in [-0.3, -0.25) is 4.79 Å². The Morgan fingerprint density at radius 2 is 2.08 bits per heavy atom. The molecule has 0 bridgehead atoms. The molecule has 3 rings (SSSR count). The summed E-state index contributed by atoms with van der Waals surface area (Å²) in [6.07, 6.45) is 1.48. The number of ether oxygens (including phenoxy) is 1. The largest absolute Gasteiger partial charge is 0.495 e. The molecule has 25 heavy (non-hydrogen) atoms. The van der Waals surface area contributed by atoms with Crippen LogP contribution >= 0.6 is 11.6 Å². The van der Waals surface area contributed by atoms with Crippen LogP contribution in [-0.4, -0.2) is 53.6 Å². The normalized spacial score (nSPS) is 17.5. The molecule has 0 spiro atoms. The maximum Gasteiger partial charge on any atom is 0.274 e. The summed E-state index contributed by atoms with van der Waals surface area (Å²) in [5.41, 5.74) is 1.31. The van der Waals surface area contributed by atoms with Gasteiger partial charge in [-0.15, -0.1) is 0 Å². The summed E-state index contributed by atoms with van der Waals surface area (Å²) in [5, 5.41) is 0.287. The Bertz CT molecular complexity index is 783. The Kier molecular flexibility index (Phi) is 5.08. The number of anilines is 1. The number of para-hydroxylation sites is 2. The maximum atomic E-state index is 12.9. The fraction of sp³-hybridized carbons (Fsp3) is 0.389. The molecule has 132 valence electrons. The van der Waals surface area contributed by atoms with Crippen LogP contribution < -0.4 is 9.64 Å². The van der Waals surface area contributed by atoms with Crippen molar-refractivity contribution in [2.45, 2.75) is 19.9 Å². The molecular weight excluding hydrogens is 340 g/mol. The second-order valence-electron chi connectivity index (χ2n) is 6.08. The highest BCUT2D eigenvalue weighted by Crippen LogP contribution is 2.30. The van der Waals surface area contributed by atoms with Gasteiger partial charge in [0.05, 0.1) is 24.0 Å². The molecule has 1 saturated heterocycles. The van der Waals surface area contributed by atoms with Crippen LogP contribution in [0.25, 0.3) is 0 Å². The van der Waals surface area contributed by atoms with Crippen molar-refractivity contribution in [2.24, 2.45) is 0 Å². The van der Waals surface area contributed by atoms with Crippen molar-refractivity contribution in [2.75, 3.05) is 31.6 Å². The van der Waals surface area contributed by atoms with E-state index in [9.17, 15) is 4.79 Å². The van der Waals surface area contributed by atoms with Gasteiger partial charge < -0.3 is 14.5 Å². The van der Waals surface area contributed by atoms with Crippen molar-refractivity contribution in [1.29, 1.82) is 0 Å². The first-order valence-electron chi connectivity index (χ1n) is 8.19. The average molecular weight is 361 g/mol. The van der Waals surface area contributed by atoms with E-state index >= 15 is 0 Å². The average Bonchev–Trinajstić information content (AvgIpc) is 2.63. The zero-order chi connectivity index (χ0) is 18.0. The molecule has 1 aliphatic rings. The quantitative estimate of drug-likeness (QED) is 0.842. The van der Waals surface area contributed by atoms with Crippen LogP contribution in [0.2, 0.25) is 5.02 Å². The molecule has 2 aromatic rings. The summed E-state index contributed by atoms with van der Waals surface area (Å²) >= 11 is 6.12. The Hall–Kier alpha value is -2.34. The summed E-state index contributed by atoms with van der Waals surface area (Å²) in [6.45, 7) is 5.81. The van der Waals surface area contributed by atoms with E-state index in [-0.39, 0.29) is 22.7 Å². The van der Waals surface area contributed by atoms with Crippen LogP contribution in [-0.2, 0) is 0 Å². The number of carbonyl (C=O) groups excluding carboxylic acids is 1. The van der Waals surface area contributed by atoms with Gasteiger partial charge in [0.1, 0.15) is 11.6 Å². The minimum absolute atomic E-state index is 0.0255. The maximum absolute atomic E-state index is 12.9. The van der Waals surface area contributed by atoms with Crippen molar-refractivity contribution < 1.29 is 9.53 Å². The zero-order valence-corrected chi connectivity index (χ0v) is 15.3. The van der Waals surface area contributed by atoms with Gasteiger partial charge >= 0.3 is 0 Å². The Balaban J connectivity index is 1.78. The molecule has 0 saturated carbocycles. The van der Waals surface area contributed by atoms with Crippen LogP contribution in [0.1, 0.15) is 23.2 Å². The van der Waals surface area contributed by atoms with Crippen molar-refractivity contribution in [1.82, 2.24) is 14.9 Å². The molecular formula is C18H21ClN4O2. The molecule has 6 nitrogen and oxygen atoms in total. The molecule has 1 atom stereocenters. The lowest BCUT2D eigenvalue weighted by molar-refractivity contribution is 0.0667. The minimum atomic E-state index is -0.150. The third kappa shape index (κ3) is 3.54. The van der Waals surface area contributed by atoms with Crippen LogP contribution in [0.5, 0.6) is 5.75 Å². The lowest BCUT2D eigenvalue weighted by Gasteiger charge is -2.41. The number of hydrogen-bond acceptors (Lipinski definition) is 5. The van der Waals surface area contributed by atoms with Crippen molar-refractivity contribution in [3.63, 3.8) is 0 Å². The number of hydrogen-bond donors (Lipinski definition) is 0. The molecule has 0 N–H and O–H groups in total. The summed E-state index contributed by atoms with van der Waals surface area (Å²) in [5.74, 6) is 1.22. The highest BCUT2D eigenvalue weighted by Gasteiger charge is 2.31. The van der Waals surface area contributed by atoms with E-state index in [1.165, 1.54) is 6.20 Å². The number of carbonyl (C=O) groups is 1. The first kappa shape index (κ1) is 17.5. The molecule has 0 radical (unpaired) electrons. The number of rotatable bonds is 3. The van der Waals surface area contributed by atoms with Gasteiger partial charge in [0.2, 0.25) is 0 Å². The highest BCUT2D eigenvalue weighted by atomic mass is 35.5. The van der Waals surface area contributed by atoms with E-state index in [4.69, 9.17) is 16.3 Å². The summed E-state index contributed by atoms with van der Waals surface area (Å²) in [7, 11) is 1.67. The zero-order valence-electron chi connectivity index (χ0n) is 14.6. The minimum Gasteiger partial charge on any atom is -0.495 e. The molecule has 2 heterocycles. The Labute approximate surface area is 152 Å². The van der Waals surface area contributed by atoms with Crippen LogP contribution in [0.4, 0.5) is 5.69 Å². The fourth-order valence-electron chi connectivity index (χ4n) is 3.11. The molecule has 1 aliphatic heterocycles. The molecule has 1 aromatic heterocycles. The number of methoxy groups -OCH3 is 1. The van der Waals surface area contributed by atoms with Gasteiger partial charge in [0.15, 0.2) is 5.69 Å². The van der Waals surface area contributed by atoms with Crippen LogP contribution in [0.15, 0.2) is 30.5 Å².